The lowest BCUT2D eigenvalue weighted by atomic mass is 10.0. The van der Waals surface area contributed by atoms with Crippen molar-refractivity contribution in [3.8, 4) is 0 Å². The molecule has 0 fully saturated rings. The van der Waals surface area contributed by atoms with Crippen LogP contribution in [0.2, 0.25) is 0 Å². The number of hydrogen-bond donors (Lipinski definition) is 1. The second kappa shape index (κ2) is 62.4. The average molecular weight is 946 g/mol. The SMILES string of the molecule is CCCCCCCC/C=C\CCCCCCCC(=O)OCCCCCCCCCC.CCCCCCCCCCCCCCCCOC(=O)CCCCCCC/C=C\C[C@H](O)CCCCCC. The second-order valence-corrected chi connectivity index (χ2v) is 20.4. The number of unbranched alkanes of at least 4 members (excludes halogenated alkanes) is 39. The van der Waals surface area contributed by atoms with Gasteiger partial charge in [0.15, 0.2) is 0 Å². The molecular weight excluding hydrogens is 825 g/mol. The van der Waals surface area contributed by atoms with Crippen molar-refractivity contribution in [2.75, 3.05) is 13.2 Å². The summed E-state index contributed by atoms with van der Waals surface area (Å²) in [5, 5.41) is 9.97. The molecule has 1 N–H and O–H groups in total. The minimum Gasteiger partial charge on any atom is -0.466 e. The first kappa shape index (κ1) is 67.5. The zero-order valence-corrected chi connectivity index (χ0v) is 46.0. The van der Waals surface area contributed by atoms with E-state index in [4.69, 9.17) is 9.47 Å². The fourth-order valence-electron chi connectivity index (χ4n) is 8.75. The van der Waals surface area contributed by atoms with Gasteiger partial charge in [-0.05, 0) is 77.0 Å². The van der Waals surface area contributed by atoms with E-state index in [-0.39, 0.29) is 18.0 Å². The predicted octanol–water partition coefficient (Wildman–Crippen LogP) is 20.7. The average Bonchev–Trinajstić information content (AvgIpc) is 3.33. The first-order chi connectivity index (χ1) is 33.0. The van der Waals surface area contributed by atoms with Crippen LogP contribution in [0.1, 0.15) is 342 Å². The van der Waals surface area contributed by atoms with Gasteiger partial charge in [0.05, 0.1) is 19.3 Å². The Morgan fingerprint density at radius 2 is 0.582 bits per heavy atom. The number of ether oxygens (including phenoxy) is 2. The highest BCUT2D eigenvalue weighted by atomic mass is 16.5. The van der Waals surface area contributed by atoms with Crippen molar-refractivity contribution in [3.63, 3.8) is 0 Å². The van der Waals surface area contributed by atoms with Gasteiger partial charge in [0.2, 0.25) is 0 Å². The van der Waals surface area contributed by atoms with E-state index in [9.17, 15) is 14.7 Å². The van der Waals surface area contributed by atoms with Gasteiger partial charge in [-0.25, -0.2) is 0 Å². The number of esters is 2. The molecule has 0 saturated carbocycles. The van der Waals surface area contributed by atoms with Crippen molar-refractivity contribution in [3.05, 3.63) is 24.3 Å². The molecule has 0 aliphatic carbocycles. The minimum absolute atomic E-state index is 0.00845. The molecule has 0 aromatic rings. The molecule has 0 aromatic carbocycles. The monoisotopic (exact) mass is 945 g/mol. The minimum atomic E-state index is -0.165. The highest BCUT2D eigenvalue weighted by Crippen LogP contribution is 2.16. The number of allylic oxidation sites excluding steroid dienone is 3. The van der Waals surface area contributed by atoms with E-state index in [1.165, 1.54) is 238 Å². The van der Waals surface area contributed by atoms with Crippen molar-refractivity contribution in [2.24, 2.45) is 0 Å². The number of carbonyl (C=O) groups is 2. The predicted molar refractivity (Wildman–Crippen MR) is 295 cm³/mol. The molecule has 0 aliphatic rings. The van der Waals surface area contributed by atoms with Gasteiger partial charge < -0.3 is 14.6 Å². The van der Waals surface area contributed by atoms with E-state index >= 15 is 0 Å². The van der Waals surface area contributed by atoms with Crippen molar-refractivity contribution < 1.29 is 24.2 Å². The Kier molecular flexibility index (Phi) is 62.8. The van der Waals surface area contributed by atoms with Gasteiger partial charge in [0.25, 0.3) is 0 Å². The molecule has 0 amide bonds. The lowest BCUT2D eigenvalue weighted by Crippen LogP contribution is -2.05. The summed E-state index contributed by atoms with van der Waals surface area (Å²) in [4.78, 5) is 23.6. The van der Waals surface area contributed by atoms with E-state index in [0.717, 1.165) is 64.2 Å². The van der Waals surface area contributed by atoms with Crippen LogP contribution in [0.3, 0.4) is 0 Å². The summed E-state index contributed by atoms with van der Waals surface area (Å²) in [7, 11) is 0. The lowest BCUT2D eigenvalue weighted by Gasteiger charge is -2.07. The number of carbonyl (C=O) groups excluding carboxylic acids is 2. The summed E-state index contributed by atoms with van der Waals surface area (Å²) in [6.45, 7) is 10.3. The van der Waals surface area contributed by atoms with Crippen molar-refractivity contribution >= 4 is 11.9 Å². The van der Waals surface area contributed by atoms with Gasteiger partial charge in [-0.15, -0.1) is 0 Å². The first-order valence-corrected chi connectivity index (χ1v) is 30.3. The summed E-state index contributed by atoms with van der Waals surface area (Å²) in [6, 6.07) is 0. The Labute approximate surface area is 420 Å². The third-order valence-corrected chi connectivity index (χ3v) is 13.4. The molecule has 5 nitrogen and oxygen atoms in total. The molecule has 67 heavy (non-hydrogen) atoms. The second-order valence-electron chi connectivity index (χ2n) is 20.4. The van der Waals surface area contributed by atoms with E-state index in [1.54, 1.807) is 0 Å². The maximum Gasteiger partial charge on any atom is 0.305 e. The fraction of sp³-hybridized carbons (Fsp3) is 0.903. The Morgan fingerprint density at radius 1 is 0.328 bits per heavy atom. The highest BCUT2D eigenvalue weighted by molar-refractivity contribution is 5.69. The Morgan fingerprint density at radius 3 is 0.910 bits per heavy atom. The van der Waals surface area contributed by atoms with Crippen LogP contribution in [0, 0.1) is 0 Å². The zero-order valence-electron chi connectivity index (χ0n) is 46.0. The number of aliphatic hydroxyl groups is 1. The maximum absolute atomic E-state index is 11.9. The molecule has 0 rings (SSSR count). The van der Waals surface area contributed by atoms with E-state index in [0.29, 0.717) is 26.1 Å². The van der Waals surface area contributed by atoms with Gasteiger partial charge >= 0.3 is 11.9 Å². The summed E-state index contributed by atoms with van der Waals surface area (Å²) >= 11 is 0. The molecule has 0 spiro atoms. The normalized spacial score (nSPS) is 12.0. The smallest absolute Gasteiger partial charge is 0.305 e. The van der Waals surface area contributed by atoms with Gasteiger partial charge in [-0.2, -0.15) is 0 Å². The summed E-state index contributed by atoms with van der Waals surface area (Å²) in [5.41, 5.74) is 0. The van der Waals surface area contributed by atoms with Crippen molar-refractivity contribution in [1.29, 1.82) is 0 Å². The van der Waals surface area contributed by atoms with Gasteiger partial charge in [-0.3, -0.25) is 9.59 Å². The molecule has 0 aliphatic heterocycles. The number of aliphatic hydroxyl groups excluding tert-OH is 1. The molecule has 0 unspecified atom stereocenters. The third-order valence-electron chi connectivity index (χ3n) is 13.4. The zero-order chi connectivity index (χ0) is 49.0. The van der Waals surface area contributed by atoms with E-state index in [2.05, 4.69) is 52.0 Å². The quantitative estimate of drug-likeness (QED) is 0.0374. The Hall–Kier alpha value is -1.62. The Balaban J connectivity index is 0. The molecule has 1 atom stereocenters. The lowest BCUT2D eigenvalue weighted by molar-refractivity contribution is -0.144. The van der Waals surface area contributed by atoms with E-state index in [1.807, 2.05) is 0 Å². The summed E-state index contributed by atoms with van der Waals surface area (Å²) < 4.78 is 10.8. The number of rotatable bonds is 54. The van der Waals surface area contributed by atoms with Gasteiger partial charge in [0.1, 0.15) is 0 Å². The molecule has 0 aromatic heterocycles. The topological polar surface area (TPSA) is 72.8 Å². The highest BCUT2D eigenvalue weighted by Gasteiger charge is 2.05. The van der Waals surface area contributed by atoms with Crippen LogP contribution in [-0.4, -0.2) is 36.4 Å². The molecule has 0 bridgehead atoms. The van der Waals surface area contributed by atoms with Gasteiger partial charge in [-0.1, -0.05) is 277 Å². The Bertz CT molecular complexity index is 990. The fourth-order valence-corrected chi connectivity index (χ4v) is 8.75. The third kappa shape index (κ3) is 64.4. The van der Waals surface area contributed by atoms with Crippen LogP contribution in [0.25, 0.3) is 0 Å². The summed E-state index contributed by atoms with van der Waals surface area (Å²) in [6.07, 6.45) is 69.5. The molecular formula is C62H120O5. The maximum atomic E-state index is 11.9. The first-order valence-electron chi connectivity index (χ1n) is 30.3. The van der Waals surface area contributed by atoms with Crippen LogP contribution in [0.5, 0.6) is 0 Å². The molecule has 0 radical (unpaired) electrons. The molecule has 398 valence electrons. The summed E-state index contributed by atoms with van der Waals surface area (Å²) in [5.74, 6) is 0.00134. The molecule has 0 saturated heterocycles. The van der Waals surface area contributed by atoms with Crippen LogP contribution < -0.4 is 0 Å². The van der Waals surface area contributed by atoms with Gasteiger partial charge in [0, 0.05) is 12.8 Å². The largest absolute Gasteiger partial charge is 0.466 e. The number of hydrogen-bond acceptors (Lipinski definition) is 5. The van der Waals surface area contributed by atoms with Crippen LogP contribution in [0.4, 0.5) is 0 Å². The van der Waals surface area contributed by atoms with Crippen LogP contribution >= 0.6 is 0 Å². The van der Waals surface area contributed by atoms with Crippen molar-refractivity contribution in [1.82, 2.24) is 0 Å². The van der Waals surface area contributed by atoms with Crippen LogP contribution in [0.15, 0.2) is 24.3 Å². The van der Waals surface area contributed by atoms with E-state index < -0.39 is 0 Å². The van der Waals surface area contributed by atoms with Crippen LogP contribution in [-0.2, 0) is 19.1 Å². The van der Waals surface area contributed by atoms with Crippen molar-refractivity contribution in [2.45, 2.75) is 348 Å². The molecule has 5 heteroatoms. The standard InChI is InChI=1S/C34H66O3.C28H54O2/c1-3-5-7-9-10-11-12-13-14-15-18-21-24-28-32-37-34(36)31-27-23-20-17-16-19-22-26-30-33(35)29-25-8-6-4-2;1-3-5-7-9-11-13-14-15-16-17-18-19-20-22-24-26-28(29)30-27-25-23-21-12-10-8-6-4-2/h22,26,33,35H,3-21,23-25,27-32H2,1-2H3;15-16H,3-14,17-27H2,1-2H3/b26-22-;16-15-/t33-;/m1./s1. The molecule has 0 heterocycles.